The molecular weight excluding hydrogens is 732 g/mol. The Labute approximate surface area is 326 Å². The Morgan fingerprint density at radius 3 is 0.855 bits per heavy atom. The maximum atomic E-state index is 11.6. The highest BCUT2D eigenvalue weighted by molar-refractivity contribution is 6.32. The number of hydrogen-bond donors (Lipinski definition) is 1. The molecule has 0 saturated carbocycles. The predicted octanol–water partition coefficient (Wildman–Crippen LogP) is 2.05. The molecule has 0 aromatic carbocycles. The van der Waals surface area contributed by atoms with Gasteiger partial charge in [-0.3, -0.25) is 14.4 Å². The van der Waals surface area contributed by atoms with Crippen LogP contribution in [-0.2, 0) is 80.8 Å². The van der Waals surface area contributed by atoms with E-state index in [9.17, 15) is 19.2 Å². The molecule has 18 nitrogen and oxygen atoms in total. The van der Waals surface area contributed by atoms with Crippen molar-refractivity contribution in [3.63, 3.8) is 0 Å². The van der Waals surface area contributed by atoms with Gasteiger partial charge in [0.2, 0.25) is 5.78 Å². The van der Waals surface area contributed by atoms with Gasteiger partial charge >= 0.3 is 17.9 Å². The molecule has 0 aliphatic heterocycles. The van der Waals surface area contributed by atoms with Gasteiger partial charge in [-0.2, -0.15) is 0 Å². The molecule has 324 valence electrons. The summed E-state index contributed by atoms with van der Waals surface area (Å²) in [4.78, 5) is 44.3. The SMILES string of the molecule is CCCCCCCC(=O)OCCOCCOCCOCCOCCOCCOCCOCCOCCOCCOCCOCCOC(=O)CCC(=O)C(=O)O. The number of carboxylic acid groups (broad SMARTS) is 1. The largest absolute Gasteiger partial charge is 0.476 e. The average molecular weight is 801 g/mol. The quantitative estimate of drug-likeness (QED) is 0.0531. The van der Waals surface area contributed by atoms with E-state index in [-0.39, 0.29) is 38.6 Å². The first-order valence-corrected chi connectivity index (χ1v) is 19.4. The Balaban J connectivity index is 3.14. The lowest BCUT2D eigenvalue weighted by atomic mass is 10.1. The molecular formula is C37H68O18. The van der Waals surface area contributed by atoms with Crippen molar-refractivity contribution >= 4 is 23.7 Å². The van der Waals surface area contributed by atoms with Crippen molar-refractivity contribution in [1.82, 2.24) is 0 Å². The highest BCUT2D eigenvalue weighted by Gasteiger charge is 2.14. The van der Waals surface area contributed by atoms with E-state index in [0.29, 0.717) is 145 Å². The number of carbonyl (C=O) groups excluding carboxylic acids is 3. The van der Waals surface area contributed by atoms with Crippen molar-refractivity contribution < 1.29 is 85.9 Å². The molecule has 0 spiro atoms. The van der Waals surface area contributed by atoms with E-state index >= 15 is 0 Å². The zero-order chi connectivity index (χ0) is 40.1. The van der Waals surface area contributed by atoms with Crippen molar-refractivity contribution in [2.45, 2.75) is 58.3 Å². The number of ether oxygens (including phenoxy) is 13. The van der Waals surface area contributed by atoms with Gasteiger partial charge in [-0.05, 0) is 6.42 Å². The van der Waals surface area contributed by atoms with Crippen LogP contribution in [-0.4, -0.2) is 187 Å². The zero-order valence-electron chi connectivity index (χ0n) is 33.0. The minimum absolute atomic E-state index is 0.00924. The van der Waals surface area contributed by atoms with Crippen LogP contribution < -0.4 is 0 Å². The van der Waals surface area contributed by atoms with E-state index in [1.807, 2.05) is 0 Å². The summed E-state index contributed by atoms with van der Waals surface area (Å²) in [6.45, 7) is 11.8. The lowest BCUT2D eigenvalue weighted by Gasteiger charge is -2.09. The van der Waals surface area contributed by atoms with Crippen LogP contribution in [0.5, 0.6) is 0 Å². The molecule has 0 unspecified atom stereocenters. The van der Waals surface area contributed by atoms with Crippen molar-refractivity contribution in [1.29, 1.82) is 0 Å². The topological polar surface area (TPSA) is 208 Å². The minimum Gasteiger partial charge on any atom is -0.476 e. The van der Waals surface area contributed by atoms with E-state index in [0.717, 1.165) is 12.8 Å². The van der Waals surface area contributed by atoms with E-state index in [2.05, 4.69) is 6.92 Å². The van der Waals surface area contributed by atoms with E-state index in [1.165, 1.54) is 19.3 Å². The standard InChI is InChI=1S/C37H68O18/c1-2-3-4-5-6-7-35(39)54-32-30-52-28-26-50-24-22-48-20-18-46-16-14-44-12-10-43-11-13-45-15-17-47-19-21-49-23-25-51-27-29-53-31-33-55-36(40)9-8-34(38)37(41)42/h2-33H2,1H3,(H,41,42). The van der Waals surface area contributed by atoms with E-state index in [4.69, 9.17) is 66.7 Å². The fraction of sp³-hybridized carbons (Fsp3) is 0.892. The smallest absolute Gasteiger partial charge is 0.372 e. The fourth-order valence-corrected chi connectivity index (χ4v) is 4.07. The third kappa shape index (κ3) is 44.2. The molecule has 0 aromatic heterocycles. The molecule has 18 heteroatoms. The van der Waals surface area contributed by atoms with Gasteiger partial charge in [0.1, 0.15) is 13.2 Å². The Morgan fingerprint density at radius 2 is 0.582 bits per heavy atom. The normalized spacial score (nSPS) is 11.2. The Morgan fingerprint density at radius 1 is 0.327 bits per heavy atom. The molecule has 0 fully saturated rings. The van der Waals surface area contributed by atoms with Gasteiger partial charge in [-0.1, -0.05) is 32.6 Å². The van der Waals surface area contributed by atoms with Crippen LogP contribution in [0, 0.1) is 0 Å². The average Bonchev–Trinajstić information content (AvgIpc) is 3.17. The summed E-state index contributed by atoms with van der Waals surface area (Å²) in [5.74, 6) is -3.41. The third-order valence-electron chi connectivity index (χ3n) is 6.98. The molecule has 0 rings (SSSR count). The molecule has 0 aliphatic rings. The van der Waals surface area contributed by atoms with Gasteiger partial charge in [0.15, 0.2) is 0 Å². The number of rotatable bonds is 46. The van der Waals surface area contributed by atoms with Crippen LogP contribution in [0.4, 0.5) is 0 Å². The van der Waals surface area contributed by atoms with Crippen LogP contribution >= 0.6 is 0 Å². The molecule has 0 amide bonds. The van der Waals surface area contributed by atoms with Crippen LogP contribution in [0.25, 0.3) is 0 Å². The molecule has 0 bridgehead atoms. The summed E-state index contributed by atoms with van der Waals surface area (Å²) >= 11 is 0. The van der Waals surface area contributed by atoms with Crippen LogP contribution in [0.2, 0.25) is 0 Å². The summed E-state index contributed by atoms with van der Waals surface area (Å²) in [6, 6.07) is 0. The minimum atomic E-state index is -1.57. The molecule has 0 saturated heterocycles. The molecule has 0 radical (unpaired) electrons. The molecule has 55 heavy (non-hydrogen) atoms. The summed E-state index contributed by atoms with van der Waals surface area (Å²) in [6.07, 6.45) is 5.34. The number of aliphatic carboxylic acids is 1. The van der Waals surface area contributed by atoms with Gasteiger partial charge in [0, 0.05) is 12.8 Å². The second kappa shape index (κ2) is 44.4. The van der Waals surface area contributed by atoms with E-state index < -0.39 is 17.7 Å². The lowest BCUT2D eigenvalue weighted by Crippen LogP contribution is -2.17. The number of hydrogen-bond acceptors (Lipinski definition) is 17. The predicted molar refractivity (Wildman–Crippen MR) is 196 cm³/mol. The zero-order valence-corrected chi connectivity index (χ0v) is 33.0. The Bertz CT molecular complexity index is 877. The summed E-state index contributed by atoms with van der Waals surface area (Å²) in [5, 5.41) is 8.45. The number of carbonyl (C=O) groups is 4. The first kappa shape index (κ1) is 52.6. The summed E-state index contributed by atoms with van der Waals surface area (Å²) in [5.41, 5.74) is 0. The van der Waals surface area contributed by atoms with Crippen LogP contribution in [0.3, 0.4) is 0 Å². The maximum absolute atomic E-state index is 11.6. The number of esters is 2. The summed E-state index contributed by atoms with van der Waals surface area (Å²) in [7, 11) is 0. The number of ketones is 1. The highest BCUT2D eigenvalue weighted by atomic mass is 16.6. The lowest BCUT2D eigenvalue weighted by molar-refractivity contribution is -0.151. The number of Topliss-reactive ketones (excluding diaryl/α,β-unsaturated/α-hetero) is 1. The highest BCUT2D eigenvalue weighted by Crippen LogP contribution is 2.05. The van der Waals surface area contributed by atoms with Crippen molar-refractivity contribution in [3.05, 3.63) is 0 Å². The van der Waals surface area contributed by atoms with Crippen LogP contribution in [0.15, 0.2) is 0 Å². The van der Waals surface area contributed by atoms with Gasteiger partial charge < -0.3 is 66.7 Å². The van der Waals surface area contributed by atoms with Gasteiger partial charge in [0.25, 0.3) is 0 Å². The van der Waals surface area contributed by atoms with Crippen molar-refractivity contribution in [2.24, 2.45) is 0 Å². The van der Waals surface area contributed by atoms with Crippen LogP contribution in [0.1, 0.15) is 58.3 Å². The Hall–Kier alpha value is -2.36. The molecule has 1 N–H and O–H groups in total. The number of carboxylic acids is 1. The molecule has 0 atom stereocenters. The van der Waals surface area contributed by atoms with Gasteiger partial charge in [-0.15, -0.1) is 0 Å². The fourth-order valence-electron chi connectivity index (χ4n) is 4.07. The molecule has 0 aromatic rings. The second-order valence-electron chi connectivity index (χ2n) is 11.6. The summed E-state index contributed by atoms with van der Waals surface area (Å²) < 4.78 is 69.7. The monoisotopic (exact) mass is 800 g/mol. The van der Waals surface area contributed by atoms with Gasteiger partial charge in [-0.25, -0.2) is 4.79 Å². The number of unbranched alkanes of at least 4 members (excludes halogenated alkanes) is 4. The maximum Gasteiger partial charge on any atom is 0.372 e. The van der Waals surface area contributed by atoms with E-state index in [1.54, 1.807) is 0 Å². The molecule has 0 heterocycles. The van der Waals surface area contributed by atoms with Crippen molar-refractivity contribution in [2.75, 3.05) is 159 Å². The first-order chi connectivity index (χ1) is 27.0. The molecule has 0 aliphatic carbocycles. The van der Waals surface area contributed by atoms with Gasteiger partial charge in [0.05, 0.1) is 152 Å². The first-order valence-electron chi connectivity index (χ1n) is 19.4. The Kier molecular flexibility index (Phi) is 42.5. The second-order valence-corrected chi connectivity index (χ2v) is 11.6. The van der Waals surface area contributed by atoms with Crippen molar-refractivity contribution in [3.8, 4) is 0 Å². The third-order valence-corrected chi connectivity index (χ3v) is 6.98.